The molecule has 2 N–H and O–H groups in total. The first kappa shape index (κ1) is 18.6. The van der Waals surface area contributed by atoms with Crippen molar-refractivity contribution in [1.82, 2.24) is 10.3 Å². The van der Waals surface area contributed by atoms with Crippen LogP contribution in [0.25, 0.3) is 0 Å². The predicted octanol–water partition coefficient (Wildman–Crippen LogP) is 3.59. The number of anilines is 1. The zero-order valence-electron chi connectivity index (χ0n) is 15.2. The van der Waals surface area contributed by atoms with Crippen molar-refractivity contribution in [3.05, 3.63) is 58.9 Å². The number of rotatable bonds is 6. The molecule has 1 heterocycles. The van der Waals surface area contributed by atoms with Crippen LogP contribution < -0.4 is 10.6 Å². The van der Waals surface area contributed by atoms with E-state index in [-0.39, 0.29) is 23.2 Å². The second kappa shape index (κ2) is 8.42. The van der Waals surface area contributed by atoms with Gasteiger partial charge in [0, 0.05) is 12.2 Å². The molecule has 0 fully saturated rings. The van der Waals surface area contributed by atoms with Gasteiger partial charge >= 0.3 is 0 Å². The van der Waals surface area contributed by atoms with E-state index in [9.17, 15) is 9.59 Å². The van der Waals surface area contributed by atoms with Crippen molar-refractivity contribution in [1.29, 1.82) is 0 Å². The Kier molecular flexibility index (Phi) is 6.28. The normalized spacial score (nSPS) is 10.6. The summed E-state index contributed by atoms with van der Waals surface area (Å²) in [6.07, 6.45) is 0.822. The van der Waals surface area contributed by atoms with Crippen LogP contribution in [-0.4, -0.2) is 23.3 Å². The summed E-state index contributed by atoms with van der Waals surface area (Å²) in [6.45, 7) is 8.61. The Morgan fingerprint density at radius 3 is 2.32 bits per heavy atom. The van der Waals surface area contributed by atoms with Gasteiger partial charge in [-0.15, -0.1) is 0 Å². The molecule has 0 aliphatic rings. The van der Waals surface area contributed by atoms with Gasteiger partial charge in [0.2, 0.25) is 0 Å². The molecule has 0 aliphatic carbocycles. The van der Waals surface area contributed by atoms with Gasteiger partial charge < -0.3 is 10.6 Å². The van der Waals surface area contributed by atoms with Crippen LogP contribution in [0.3, 0.4) is 0 Å². The Morgan fingerprint density at radius 1 is 1.04 bits per heavy atom. The molecule has 0 spiro atoms. The zero-order valence-corrected chi connectivity index (χ0v) is 15.2. The van der Waals surface area contributed by atoms with Gasteiger partial charge in [-0.3, -0.25) is 9.59 Å². The van der Waals surface area contributed by atoms with E-state index in [0.717, 1.165) is 23.2 Å². The van der Waals surface area contributed by atoms with E-state index in [1.807, 2.05) is 45.9 Å². The molecular weight excluding hydrogens is 314 g/mol. The number of pyridine rings is 1. The second-order valence-corrected chi connectivity index (χ2v) is 6.43. The number of carbonyl (C=O) groups excluding carboxylic acids is 2. The van der Waals surface area contributed by atoms with Gasteiger partial charge in [0.25, 0.3) is 11.8 Å². The molecule has 0 unspecified atom stereocenters. The molecule has 25 heavy (non-hydrogen) atoms. The van der Waals surface area contributed by atoms with E-state index in [2.05, 4.69) is 15.6 Å². The van der Waals surface area contributed by atoms with Crippen molar-refractivity contribution in [3.63, 3.8) is 0 Å². The number of amides is 2. The molecule has 0 atom stereocenters. The number of aryl methyl sites for hydroxylation is 2. The molecule has 0 bridgehead atoms. The monoisotopic (exact) mass is 339 g/mol. The Morgan fingerprint density at radius 2 is 1.68 bits per heavy atom. The summed E-state index contributed by atoms with van der Waals surface area (Å²) < 4.78 is 0. The van der Waals surface area contributed by atoms with E-state index in [1.54, 1.807) is 18.2 Å². The maximum Gasteiger partial charge on any atom is 0.274 e. The van der Waals surface area contributed by atoms with E-state index in [0.29, 0.717) is 12.5 Å². The van der Waals surface area contributed by atoms with Crippen LogP contribution in [0.5, 0.6) is 0 Å². The third-order valence-electron chi connectivity index (χ3n) is 3.86. The second-order valence-electron chi connectivity index (χ2n) is 6.43. The summed E-state index contributed by atoms with van der Waals surface area (Å²) in [5.41, 5.74) is 3.35. The van der Waals surface area contributed by atoms with Crippen molar-refractivity contribution >= 4 is 17.5 Å². The molecule has 1 aromatic heterocycles. The highest BCUT2D eigenvalue weighted by Crippen LogP contribution is 2.21. The summed E-state index contributed by atoms with van der Waals surface area (Å²) in [5, 5.41) is 5.74. The van der Waals surface area contributed by atoms with Crippen LogP contribution in [0.2, 0.25) is 0 Å². The van der Waals surface area contributed by atoms with E-state index in [4.69, 9.17) is 0 Å². The molecule has 2 rings (SSSR count). The topological polar surface area (TPSA) is 71.1 Å². The maximum atomic E-state index is 12.6. The molecule has 1 aromatic carbocycles. The minimum Gasteiger partial charge on any atom is -0.350 e. The first-order chi connectivity index (χ1) is 11.9. The van der Waals surface area contributed by atoms with Crippen molar-refractivity contribution in [2.45, 2.75) is 34.1 Å². The number of nitrogens with one attached hydrogen (secondary N) is 2. The molecule has 0 aliphatic heterocycles. The third-order valence-corrected chi connectivity index (χ3v) is 3.86. The van der Waals surface area contributed by atoms with Crippen molar-refractivity contribution in [2.24, 2.45) is 5.92 Å². The molecule has 0 saturated carbocycles. The van der Waals surface area contributed by atoms with Gasteiger partial charge in [0.1, 0.15) is 11.4 Å². The Balaban J connectivity index is 2.18. The standard InChI is InChI=1S/C20H25N3O2/c1-5-15-9-6-8-14(4)18(15)23-20(25)17-11-7-10-16(22-17)19(24)21-12-13(2)3/h6-11,13H,5,12H2,1-4H3,(H,21,24)(H,23,25). The number of carbonyl (C=O) groups is 2. The fraction of sp³-hybridized carbons (Fsp3) is 0.350. The van der Waals surface area contributed by atoms with Crippen molar-refractivity contribution in [3.8, 4) is 0 Å². The average Bonchev–Trinajstić information content (AvgIpc) is 2.61. The van der Waals surface area contributed by atoms with Crippen LogP contribution >= 0.6 is 0 Å². The smallest absolute Gasteiger partial charge is 0.274 e. The predicted molar refractivity (Wildman–Crippen MR) is 99.9 cm³/mol. The summed E-state index contributed by atoms with van der Waals surface area (Å²) in [7, 11) is 0. The molecule has 132 valence electrons. The number of hydrogen-bond donors (Lipinski definition) is 2. The largest absolute Gasteiger partial charge is 0.350 e. The van der Waals surface area contributed by atoms with Crippen LogP contribution in [0.1, 0.15) is 52.9 Å². The summed E-state index contributed by atoms with van der Waals surface area (Å²) in [6, 6.07) is 10.8. The van der Waals surface area contributed by atoms with Gasteiger partial charge in [-0.2, -0.15) is 0 Å². The van der Waals surface area contributed by atoms with Gasteiger partial charge in [0.05, 0.1) is 0 Å². The lowest BCUT2D eigenvalue weighted by Crippen LogP contribution is -2.28. The van der Waals surface area contributed by atoms with Gasteiger partial charge in [-0.1, -0.05) is 45.0 Å². The fourth-order valence-corrected chi connectivity index (χ4v) is 2.45. The zero-order chi connectivity index (χ0) is 18.4. The minimum absolute atomic E-state index is 0.225. The number of aromatic nitrogens is 1. The highest BCUT2D eigenvalue weighted by molar-refractivity contribution is 6.04. The lowest BCUT2D eigenvalue weighted by Gasteiger charge is -2.13. The fourth-order valence-electron chi connectivity index (χ4n) is 2.45. The van der Waals surface area contributed by atoms with Crippen LogP contribution in [0.15, 0.2) is 36.4 Å². The average molecular weight is 339 g/mol. The maximum absolute atomic E-state index is 12.6. The van der Waals surface area contributed by atoms with Crippen LogP contribution in [0.4, 0.5) is 5.69 Å². The molecule has 2 aromatic rings. The van der Waals surface area contributed by atoms with Gasteiger partial charge in [0.15, 0.2) is 0 Å². The summed E-state index contributed by atoms with van der Waals surface area (Å²) >= 11 is 0. The Hall–Kier alpha value is -2.69. The molecule has 5 nitrogen and oxygen atoms in total. The van der Waals surface area contributed by atoms with Crippen molar-refractivity contribution < 1.29 is 9.59 Å². The Bertz CT molecular complexity index is 769. The van der Waals surface area contributed by atoms with Gasteiger partial charge in [-0.25, -0.2) is 4.98 Å². The SMILES string of the molecule is CCc1cccc(C)c1NC(=O)c1cccc(C(=O)NCC(C)C)n1. The van der Waals surface area contributed by atoms with Crippen molar-refractivity contribution in [2.75, 3.05) is 11.9 Å². The molecule has 0 saturated heterocycles. The van der Waals surface area contributed by atoms with E-state index < -0.39 is 0 Å². The highest BCUT2D eigenvalue weighted by atomic mass is 16.2. The first-order valence-corrected chi connectivity index (χ1v) is 8.57. The minimum atomic E-state index is -0.317. The summed E-state index contributed by atoms with van der Waals surface area (Å²) in [4.78, 5) is 28.9. The lowest BCUT2D eigenvalue weighted by atomic mass is 10.1. The van der Waals surface area contributed by atoms with E-state index in [1.165, 1.54) is 0 Å². The lowest BCUT2D eigenvalue weighted by molar-refractivity contribution is 0.0944. The highest BCUT2D eigenvalue weighted by Gasteiger charge is 2.14. The molecule has 5 heteroatoms. The Labute approximate surface area is 148 Å². The number of nitrogens with zero attached hydrogens (tertiary/aromatic N) is 1. The number of para-hydroxylation sites is 1. The number of benzene rings is 1. The number of hydrogen-bond acceptors (Lipinski definition) is 3. The molecular formula is C20H25N3O2. The third kappa shape index (κ3) is 4.89. The summed E-state index contributed by atoms with van der Waals surface area (Å²) in [5.74, 6) is -0.236. The van der Waals surface area contributed by atoms with Crippen LogP contribution in [-0.2, 0) is 6.42 Å². The molecule has 0 radical (unpaired) electrons. The van der Waals surface area contributed by atoms with E-state index >= 15 is 0 Å². The molecule has 2 amide bonds. The van der Waals surface area contributed by atoms with Gasteiger partial charge in [-0.05, 0) is 42.5 Å². The quantitative estimate of drug-likeness (QED) is 0.845. The van der Waals surface area contributed by atoms with Crippen LogP contribution in [0, 0.1) is 12.8 Å². The first-order valence-electron chi connectivity index (χ1n) is 8.57.